The first-order chi connectivity index (χ1) is 14.8. The highest BCUT2D eigenvalue weighted by molar-refractivity contribution is 7.87. The van der Waals surface area contributed by atoms with E-state index in [2.05, 4.69) is 5.32 Å². The van der Waals surface area contributed by atoms with Gasteiger partial charge in [-0.05, 0) is 60.7 Å². The predicted molar refractivity (Wildman–Crippen MR) is 114 cm³/mol. The van der Waals surface area contributed by atoms with Gasteiger partial charge in [0.25, 0.3) is 5.91 Å². The van der Waals surface area contributed by atoms with Crippen LogP contribution in [0.1, 0.15) is 5.56 Å². The van der Waals surface area contributed by atoms with Gasteiger partial charge in [0, 0.05) is 16.3 Å². The number of nitrogens with one attached hydrogen (secondary N) is 1. The van der Waals surface area contributed by atoms with Crippen molar-refractivity contribution in [3.05, 3.63) is 94.8 Å². The number of nitriles is 1. The van der Waals surface area contributed by atoms with E-state index in [1.54, 1.807) is 18.2 Å². The van der Waals surface area contributed by atoms with E-state index in [0.29, 0.717) is 10.7 Å². The number of para-hydroxylation sites is 1. The molecule has 0 saturated heterocycles. The molecule has 0 bridgehead atoms. The van der Waals surface area contributed by atoms with Gasteiger partial charge in [-0.3, -0.25) is 4.79 Å². The Balaban J connectivity index is 1.88. The third kappa shape index (κ3) is 5.69. The Hall–Kier alpha value is -3.67. The molecule has 0 saturated carbocycles. The molecule has 3 aromatic rings. The van der Waals surface area contributed by atoms with Gasteiger partial charge in [0.05, 0.1) is 0 Å². The Bertz CT molecular complexity index is 1280. The molecule has 1 amide bonds. The van der Waals surface area contributed by atoms with E-state index in [1.807, 2.05) is 0 Å². The monoisotopic (exact) mass is 456 g/mol. The van der Waals surface area contributed by atoms with Crippen molar-refractivity contribution in [2.75, 3.05) is 5.32 Å². The second kappa shape index (κ2) is 9.43. The van der Waals surface area contributed by atoms with Crippen LogP contribution in [0.25, 0.3) is 6.08 Å². The van der Waals surface area contributed by atoms with Gasteiger partial charge in [0.2, 0.25) is 0 Å². The van der Waals surface area contributed by atoms with E-state index in [-0.39, 0.29) is 21.8 Å². The first kappa shape index (κ1) is 22.0. The highest BCUT2D eigenvalue weighted by Crippen LogP contribution is 2.26. The summed E-state index contributed by atoms with van der Waals surface area (Å²) in [7, 11) is -4.17. The third-order valence-corrected chi connectivity index (χ3v) is 5.49. The fourth-order valence-electron chi connectivity index (χ4n) is 2.48. The van der Waals surface area contributed by atoms with Gasteiger partial charge in [-0.2, -0.15) is 13.7 Å². The highest BCUT2D eigenvalue weighted by atomic mass is 35.5. The van der Waals surface area contributed by atoms with E-state index >= 15 is 0 Å². The first-order valence-electron chi connectivity index (χ1n) is 8.76. The minimum atomic E-state index is -4.17. The fraction of sp³-hybridized carbons (Fsp3) is 0. The van der Waals surface area contributed by atoms with Crippen LogP contribution in [0, 0.1) is 17.1 Å². The normalized spacial score (nSPS) is 11.5. The molecular formula is C22H14ClFN2O4S. The number of benzene rings is 3. The lowest BCUT2D eigenvalue weighted by Gasteiger charge is -2.10. The molecule has 0 aliphatic carbocycles. The summed E-state index contributed by atoms with van der Waals surface area (Å²) < 4.78 is 43.4. The van der Waals surface area contributed by atoms with Crippen molar-refractivity contribution in [3.8, 4) is 11.8 Å². The number of hydrogen-bond donors (Lipinski definition) is 1. The molecule has 6 nitrogen and oxygen atoms in total. The number of halogens is 2. The Morgan fingerprint density at radius 2 is 1.68 bits per heavy atom. The van der Waals surface area contributed by atoms with Crippen LogP contribution in [0.4, 0.5) is 10.1 Å². The molecular weight excluding hydrogens is 443 g/mol. The van der Waals surface area contributed by atoms with Crippen LogP contribution in [0.2, 0.25) is 5.02 Å². The number of amides is 1. The molecule has 3 rings (SSSR count). The summed E-state index contributed by atoms with van der Waals surface area (Å²) >= 11 is 5.79. The number of carbonyl (C=O) groups excluding carboxylic acids is 1. The Kier molecular flexibility index (Phi) is 6.70. The summed E-state index contributed by atoms with van der Waals surface area (Å²) in [6.07, 6.45) is 1.20. The molecule has 0 aliphatic heterocycles. The molecule has 0 heterocycles. The molecule has 0 spiro atoms. The number of carbonyl (C=O) groups is 1. The van der Waals surface area contributed by atoms with Crippen LogP contribution in [0.3, 0.4) is 0 Å². The van der Waals surface area contributed by atoms with Crippen LogP contribution in [0.15, 0.2) is 83.3 Å². The van der Waals surface area contributed by atoms with Crippen molar-refractivity contribution in [1.82, 2.24) is 0 Å². The first-order valence-corrected chi connectivity index (χ1v) is 10.5. The molecule has 3 aromatic carbocycles. The third-order valence-electron chi connectivity index (χ3n) is 3.99. The minimum Gasteiger partial charge on any atom is -0.378 e. The number of hydrogen-bond acceptors (Lipinski definition) is 5. The lowest BCUT2D eigenvalue weighted by atomic mass is 10.1. The molecule has 0 fully saturated rings. The zero-order chi connectivity index (χ0) is 22.4. The maximum absolute atomic E-state index is 13.0. The van der Waals surface area contributed by atoms with Gasteiger partial charge < -0.3 is 9.50 Å². The van der Waals surface area contributed by atoms with Gasteiger partial charge in [0.1, 0.15) is 28.1 Å². The summed E-state index contributed by atoms with van der Waals surface area (Å²) in [5.41, 5.74) is 0.192. The zero-order valence-corrected chi connectivity index (χ0v) is 17.3. The Labute approximate surface area is 183 Å². The molecule has 1 N–H and O–H groups in total. The maximum atomic E-state index is 13.0. The highest BCUT2D eigenvalue weighted by Gasteiger charge is 2.19. The average Bonchev–Trinajstić information content (AvgIpc) is 2.74. The number of anilines is 1. The molecule has 0 atom stereocenters. The van der Waals surface area contributed by atoms with E-state index in [0.717, 1.165) is 12.1 Å². The van der Waals surface area contributed by atoms with Crippen molar-refractivity contribution in [1.29, 1.82) is 5.26 Å². The van der Waals surface area contributed by atoms with Crippen molar-refractivity contribution in [2.45, 2.75) is 4.90 Å². The molecule has 0 unspecified atom stereocenters. The van der Waals surface area contributed by atoms with Crippen LogP contribution in [-0.4, -0.2) is 14.3 Å². The number of nitrogens with zero attached hydrogens (tertiary/aromatic N) is 1. The second-order valence-corrected chi connectivity index (χ2v) is 8.14. The minimum absolute atomic E-state index is 0.0696. The predicted octanol–water partition coefficient (Wildman–Crippen LogP) is 4.79. The average molecular weight is 457 g/mol. The lowest BCUT2D eigenvalue weighted by molar-refractivity contribution is -0.112. The number of rotatable bonds is 6. The largest absolute Gasteiger partial charge is 0.378 e. The van der Waals surface area contributed by atoms with Crippen LogP contribution >= 0.6 is 11.6 Å². The molecule has 0 radical (unpaired) electrons. The van der Waals surface area contributed by atoms with E-state index in [9.17, 15) is 22.9 Å². The van der Waals surface area contributed by atoms with Crippen molar-refractivity contribution >= 4 is 39.4 Å². The summed E-state index contributed by atoms with van der Waals surface area (Å²) in [5.74, 6) is -1.29. The lowest BCUT2D eigenvalue weighted by Crippen LogP contribution is -2.14. The van der Waals surface area contributed by atoms with Crippen LogP contribution in [0.5, 0.6) is 5.75 Å². The topological polar surface area (TPSA) is 96.3 Å². The van der Waals surface area contributed by atoms with Crippen LogP contribution in [-0.2, 0) is 14.9 Å². The second-order valence-electron chi connectivity index (χ2n) is 6.16. The quantitative estimate of drug-likeness (QED) is 0.327. The van der Waals surface area contributed by atoms with Crippen LogP contribution < -0.4 is 9.50 Å². The molecule has 31 heavy (non-hydrogen) atoms. The van der Waals surface area contributed by atoms with Gasteiger partial charge in [0.15, 0.2) is 0 Å². The standard InChI is InChI=1S/C22H14ClFN2O4S/c23-17-5-11-20(12-6-17)31(28,29)30-21-4-2-1-3-15(21)13-16(14-25)22(27)26-19-9-7-18(24)8-10-19/h1-13H,(H,26,27)/b16-13+. The molecule has 0 aromatic heterocycles. The van der Waals surface area contributed by atoms with E-state index in [4.69, 9.17) is 15.8 Å². The zero-order valence-electron chi connectivity index (χ0n) is 15.7. The summed E-state index contributed by atoms with van der Waals surface area (Å²) in [5, 5.41) is 12.2. The van der Waals surface area contributed by atoms with Crippen molar-refractivity contribution in [2.24, 2.45) is 0 Å². The van der Waals surface area contributed by atoms with Crippen molar-refractivity contribution < 1.29 is 21.8 Å². The Morgan fingerprint density at radius 3 is 2.32 bits per heavy atom. The van der Waals surface area contributed by atoms with Crippen molar-refractivity contribution in [3.63, 3.8) is 0 Å². The molecule has 156 valence electrons. The van der Waals surface area contributed by atoms with E-state index in [1.165, 1.54) is 54.6 Å². The smallest absolute Gasteiger partial charge is 0.339 e. The Morgan fingerprint density at radius 1 is 1.03 bits per heavy atom. The molecule has 0 aliphatic rings. The summed E-state index contributed by atoms with van der Waals surface area (Å²) in [4.78, 5) is 12.3. The van der Waals surface area contributed by atoms with Gasteiger partial charge in [-0.25, -0.2) is 4.39 Å². The summed E-state index contributed by atoms with van der Waals surface area (Å²) in [6, 6.07) is 18.2. The molecule has 9 heteroatoms. The summed E-state index contributed by atoms with van der Waals surface area (Å²) in [6.45, 7) is 0. The van der Waals surface area contributed by atoms with Gasteiger partial charge in [-0.1, -0.05) is 29.8 Å². The maximum Gasteiger partial charge on any atom is 0.339 e. The van der Waals surface area contributed by atoms with Gasteiger partial charge in [-0.15, -0.1) is 0 Å². The van der Waals surface area contributed by atoms with Gasteiger partial charge >= 0.3 is 10.1 Å². The fourth-order valence-corrected chi connectivity index (χ4v) is 3.56. The van der Waals surface area contributed by atoms with E-state index < -0.39 is 21.8 Å². The SMILES string of the molecule is N#C/C(=C\c1ccccc1OS(=O)(=O)c1ccc(Cl)cc1)C(=O)Nc1ccc(F)cc1.